The van der Waals surface area contributed by atoms with Gasteiger partial charge in [-0.2, -0.15) is 0 Å². The van der Waals surface area contributed by atoms with E-state index >= 15 is 0 Å². The third-order valence-corrected chi connectivity index (χ3v) is 3.47. The number of methoxy groups -OCH3 is 2. The lowest BCUT2D eigenvalue weighted by molar-refractivity contribution is -0.207. The molecule has 0 spiro atoms. The van der Waals surface area contributed by atoms with Crippen LogP contribution in [0, 0.1) is 0 Å². The quantitative estimate of drug-likeness (QED) is 0.785. The van der Waals surface area contributed by atoms with Crippen molar-refractivity contribution in [1.29, 1.82) is 0 Å². The molecular formula is C13H19NO2. The van der Waals surface area contributed by atoms with Crippen LogP contribution in [0.25, 0.3) is 0 Å². The molecular weight excluding hydrogens is 202 g/mol. The lowest BCUT2D eigenvalue weighted by Crippen LogP contribution is -2.39. The number of benzene rings is 1. The van der Waals surface area contributed by atoms with Gasteiger partial charge in [-0.25, -0.2) is 0 Å². The van der Waals surface area contributed by atoms with E-state index in [1.165, 1.54) is 24.0 Å². The molecule has 0 fully saturated rings. The Labute approximate surface area is 96.5 Å². The van der Waals surface area contributed by atoms with Crippen LogP contribution in [0.4, 0.5) is 0 Å². The predicted octanol–water partition coefficient (Wildman–Crippen LogP) is 1.58. The Hall–Kier alpha value is -0.900. The Kier molecular flexibility index (Phi) is 3.28. The SMILES string of the molecule is COC(CN)(OC)c1ccc2c(c1)CCC2. The molecule has 0 radical (unpaired) electrons. The molecule has 0 aliphatic heterocycles. The van der Waals surface area contributed by atoms with E-state index in [1.54, 1.807) is 14.2 Å². The molecule has 1 aliphatic carbocycles. The number of nitrogens with two attached hydrogens (primary N) is 1. The largest absolute Gasteiger partial charge is 0.348 e. The van der Waals surface area contributed by atoms with Gasteiger partial charge in [0.15, 0.2) is 0 Å². The minimum Gasteiger partial charge on any atom is -0.348 e. The Bertz CT molecular complexity index is 364. The average Bonchev–Trinajstić information content (AvgIpc) is 2.79. The fourth-order valence-corrected chi connectivity index (χ4v) is 2.41. The molecule has 16 heavy (non-hydrogen) atoms. The maximum atomic E-state index is 5.76. The van der Waals surface area contributed by atoms with Crippen LogP contribution >= 0.6 is 0 Å². The summed E-state index contributed by atoms with van der Waals surface area (Å²) in [6.45, 7) is 0.318. The van der Waals surface area contributed by atoms with Gasteiger partial charge >= 0.3 is 0 Å². The molecule has 0 saturated heterocycles. The molecule has 0 saturated carbocycles. The molecule has 0 aromatic heterocycles. The van der Waals surface area contributed by atoms with Gasteiger partial charge in [-0.05, 0) is 30.4 Å². The maximum Gasteiger partial charge on any atom is 0.207 e. The van der Waals surface area contributed by atoms with Crippen LogP contribution < -0.4 is 5.73 Å². The van der Waals surface area contributed by atoms with Gasteiger partial charge in [-0.1, -0.05) is 18.2 Å². The van der Waals surface area contributed by atoms with E-state index in [0.717, 1.165) is 12.0 Å². The zero-order chi connectivity index (χ0) is 11.6. The molecule has 1 aromatic carbocycles. The highest BCUT2D eigenvalue weighted by atomic mass is 16.7. The van der Waals surface area contributed by atoms with Gasteiger partial charge in [0, 0.05) is 19.8 Å². The first kappa shape index (κ1) is 11.6. The molecule has 0 atom stereocenters. The highest BCUT2D eigenvalue weighted by Gasteiger charge is 2.31. The second-order valence-corrected chi connectivity index (χ2v) is 4.20. The first-order chi connectivity index (χ1) is 7.75. The number of hydrogen-bond donors (Lipinski definition) is 1. The number of ether oxygens (including phenoxy) is 2. The summed E-state index contributed by atoms with van der Waals surface area (Å²) in [7, 11) is 3.26. The highest BCUT2D eigenvalue weighted by Crippen LogP contribution is 2.30. The fourth-order valence-electron chi connectivity index (χ4n) is 2.41. The number of aryl methyl sites for hydroxylation is 2. The van der Waals surface area contributed by atoms with Gasteiger partial charge in [0.1, 0.15) is 0 Å². The summed E-state index contributed by atoms with van der Waals surface area (Å²) >= 11 is 0. The van der Waals surface area contributed by atoms with Crippen LogP contribution in [0.2, 0.25) is 0 Å². The molecule has 88 valence electrons. The van der Waals surface area contributed by atoms with Crippen molar-refractivity contribution in [2.24, 2.45) is 5.73 Å². The topological polar surface area (TPSA) is 44.5 Å². The summed E-state index contributed by atoms with van der Waals surface area (Å²) in [5.41, 5.74) is 9.62. The summed E-state index contributed by atoms with van der Waals surface area (Å²) in [6, 6.07) is 6.40. The Balaban J connectivity index is 2.39. The fraction of sp³-hybridized carbons (Fsp3) is 0.538. The summed E-state index contributed by atoms with van der Waals surface area (Å²) in [6.07, 6.45) is 3.58. The monoisotopic (exact) mass is 221 g/mol. The van der Waals surface area contributed by atoms with Gasteiger partial charge in [-0.15, -0.1) is 0 Å². The van der Waals surface area contributed by atoms with Crippen molar-refractivity contribution in [2.75, 3.05) is 20.8 Å². The molecule has 0 amide bonds. The van der Waals surface area contributed by atoms with E-state index in [9.17, 15) is 0 Å². The smallest absolute Gasteiger partial charge is 0.207 e. The molecule has 1 aromatic rings. The Morgan fingerprint density at radius 2 is 1.88 bits per heavy atom. The van der Waals surface area contributed by atoms with E-state index < -0.39 is 5.79 Å². The Morgan fingerprint density at radius 3 is 2.50 bits per heavy atom. The van der Waals surface area contributed by atoms with Crippen molar-refractivity contribution >= 4 is 0 Å². The average molecular weight is 221 g/mol. The van der Waals surface area contributed by atoms with Crippen LogP contribution in [0.3, 0.4) is 0 Å². The molecule has 3 heteroatoms. The highest BCUT2D eigenvalue weighted by molar-refractivity contribution is 5.37. The molecule has 0 bridgehead atoms. The number of hydrogen-bond acceptors (Lipinski definition) is 3. The van der Waals surface area contributed by atoms with Crippen molar-refractivity contribution in [3.8, 4) is 0 Å². The van der Waals surface area contributed by atoms with Crippen LogP contribution in [-0.2, 0) is 28.1 Å². The Morgan fingerprint density at radius 1 is 1.19 bits per heavy atom. The predicted molar refractivity (Wildman–Crippen MR) is 63.2 cm³/mol. The summed E-state index contributed by atoms with van der Waals surface area (Å²) in [5.74, 6) is -0.794. The van der Waals surface area contributed by atoms with Gasteiger partial charge in [0.25, 0.3) is 0 Å². The number of rotatable bonds is 4. The van der Waals surface area contributed by atoms with Crippen LogP contribution in [0.15, 0.2) is 18.2 Å². The molecule has 1 aliphatic rings. The summed E-state index contributed by atoms with van der Waals surface area (Å²) in [4.78, 5) is 0. The van der Waals surface area contributed by atoms with Crippen molar-refractivity contribution in [2.45, 2.75) is 25.0 Å². The van der Waals surface area contributed by atoms with Crippen molar-refractivity contribution in [3.63, 3.8) is 0 Å². The second-order valence-electron chi connectivity index (χ2n) is 4.20. The third-order valence-electron chi connectivity index (χ3n) is 3.47. The standard InChI is InChI=1S/C13H19NO2/c1-15-13(9-14,16-2)12-7-6-10-4-3-5-11(10)8-12/h6-8H,3-5,9,14H2,1-2H3. The van der Waals surface area contributed by atoms with Crippen molar-refractivity contribution in [3.05, 3.63) is 34.9 Å². The van der Waals surface area contributed by atoms with E-state index in [-0.39, 0.29) is 0 Å². The molecule has 3 nitrogen and oxygen atoms in total. The minimum absolute atomic E-state index is 0.318. The van der Waals surface area contributed by atoms with E-state index in [1.807, 2.05) is 0 Å². The zero-order valence-corrected chi connectivity index (χ0v) is 9.95. The van der Waals surface area contributed by atoms with Crippen LogP contribution in [0.1, 0.15) is 23.1 Å². The van der Waals surface area contributed by atoms with E-state index in [2.05, 4.69) is 18.2 Å². The van der Waals surface area contributed by atoms with E-state index in [0.29, 0.717) is 6.54 Å². The van der Waals surface area contributed by atoms with Crippen LogP contribution in [-0.4, -0.2) is 20.8 Å². The summed E-state index contributed by atoms with van der Waals surface area (Å²) in [5, 5.41) is 0. The maximum absolute atomic E-state index is 5.76. The third kappa shape index (κ3) is 1.75. The normalized spacial score (nSPS) is 15.2. The molecule has 2 rings (SSSR count). The first-order valence-corrected chi connectivity index (χ1v) is 5.68. The van der Waals surface area contributed by atoms with E-state index in [4.69, 9.17) is 15.2 Å². The van der Waals surface area contributed by atoms with Crippen molar-refractivity contribution in [1.82, 2.24) is 0 Å². The van der Waals surface area contributed by atoms with Gasteiger partial charge < -0.3 is 15.2 Å². The second kappa shape index (κ2) is 4.53. The summed E-state index contributed by atoms with van der Waals surface area (Å²) < 4.78 is 10.9. The minimum atomic E-state index is -0.794. The molecule has 0 heterocycles. The van der Waals surface area contributed by atoms with Gasteiger partial charge in [-0.3, -0.25) is 0 Å². The number of fused-ring (bicyclic) bond motifs is 1. The first-order valence-electron chi connectivity index (χ1n) is 5.68. The van der Waals surface area contributed by atoms with Crippen LogP contribution in [0.5, 0.6) is 0 Å². The lowest BCUT2D eigenvalue weighted by atomic mass is 10.00. The molecule has 0 unspecified atom stereocenters. The lowest BCUT2D eigenvalue weighted by Gasteiger charge is -2.30. The van der Waals surface area contributed by atoms with Crippen molar-refractivity contribution < 1.29 is 9.47 Å². The van der Waals surface area contributed by atoms with Gasteiger partial charge in [0.2, 0.25) is 5.79 Å². The molecule has 2 N–H and O–H groups in total. The van der Waals surface area contributed by atoms with Gasteiger partial charge in [0.05, 0.1) is 6.54 Å². The zero-order valence-electron chi connectivity index (χ0n) is 9.95.